The molecule has 2 atom stereocenters. The van der Waals surface area contributed by atoms with Gasteiger partial charge in [-0.15, -0.1) is 0 Å². The molecule has 0 spiro atoms. The van der Waals surface area contributed by atoms with Gasteiger partial charge in [-0.3, -0.25) is 0 Å². The van der Waals surface area contributed by atoms with E-state index in [1.54, 1.807) is 0 Å². The Labute approximate surface area is 107 Å². The second-order valence-electron chi connectivity index (χ2n) is 4.46. The average Bonchev–Trinajstić information content (AvgIpc) is 2.70. The summed E-state index contributed by atoms with van der Waals surface area (Å²) >= 11 is 8.02. The third kappa shape index (κ3) is 3.69. The molecule has 1 nitrogen and oxygen atoms in total. The molecule has 1 fully saturated rings. The standard InChI is InChI=1S/C13H18ClNS/c1-10(15-13-5-6-16-9-13)7-11-3-2-4-12(14)8-11/h2-4,8,10,13,15H,5-7,9H2,1H3. The fourth-order valence-electron chi connectivity index (χ4n) is 2.14. The van der Waals surface area contributed by atoms with E-state index in [2.05, 4.69) is 24.4 Å². The Balaban J connectivity index is 1.84. The maximum atomic E-state index is 5.97. The van der Waals surface area contributed by atoms with E-state index < -0.39 is 0 Å². The molecular weight excluding hydrogens is 238 g/mol. The van der Waals surface area contributed by atoms with E-state index in [1.165, 1.54) is 23.5 Å². The Morgan fingerprint density at radius 3 is 3.12 bits per heavy atom. The van der Waals surface area contributed by atoms with Crippen LogP contribution >= 0.6 is 23.4 Å². The van der Waals surface area contributed by atoms with Crippen LogP contribution < -0.4 is 5.32 Å². The van der Waals surface area contributed by atoms with Gasteiger partial charge in [-0.05, 0) is 43.2 Å². The van der Waals surface area contributed by atoms with Crippen molar-refractivity contribution in [3.05, 3.63) is 34.9 Å². The van der Waals surface area contributed by atoms with Crippen LogP contribution in [0.25, 0.3) is 0 Å². The normalized spacial score (nSPS) is 22.2. The Hall–Kier alpha value is -0.180. The molecule has 1 saturated heterocycles. The number of rotatable bonds is 4. The zero-order valence-corrected chi connectivity index (χ0v) is 11.2. The molecule has 2 unspecified atom stereocenters. The summed E-state index contributed by atoms with van der Waals surface area (Å²) in [5.74, 6) is 2.57. The van der Waals surface area contributed by atoms with Crippen molar-refractivity contribution in [1.82, 2.24) is 5.32 Å². The lowest BCUT2D eigenvalue weighted by molar-refractivity contribution is 0.470. The molecule has 1 heterocycles. The second-order valence-corrected chi connectivity index (χ2v) is 6.05. The number of halogens is 1. The van der Waals surface area contributed by atoms with Gasteiger partial charge < -0.3 is 5.32 Å². The molecule has 0 aromatic heterocycles. The molecule has 3 heteroatoms. The van der Waals surface area contributed by atoms with Crippen molar-refractivity contribution < 1.29 is 0 Å². The molecule has 1 N–H and O–H groups in total. The highest BCUT2D eigenvalue weighted by molar-refractivity contribution is 7.99. The zero-order chi connectivity index (χ0) is 11.4. The highest BCUT2D eigenvalue weighted by atomic mass is 35.5. The van der Waals surface area contributed by atoms with E-state index in [0.717, 1.165) is 11.4 Å². The van der Waals surface area contributed by atoms with E-state index in [9.17, 15) is 0 Å². The largest absolute Gasteiger partial charge is 0.310 e. The van der Waals surface area contributed by atoms with Crippen LogP contribution in [0.4, 0.5) is 0 Å². The lowest BCUT2D eigenvalue weighted by Gasteiger charge is -2.18. The van der Waals surface area contributed by atoms with Gasteiger partial charge in [-0.2, -0.15) is 11.8 Å². The summed E-state index contributed by atoms with van der Waals surface area (Å²) in [5, 5.41) is 4.52. The van der Waals surface area contributed by atoms with Crippen molar-refractivity contribution in [2.75, 3.05) is 11.5 Å². The predicted molar refractivity (Wildman–Crippen MR) is 73.5 cm³/mol. The van der Waals surface area contributed by atoms with Gasteiger partial charge >= 0.3 is 0 Å². The highest BCUT2D eigenvalue weighted by Crippen LogP contribution is 2.18. The molecule has 0 saturated carbocycles. The predicted octanol–water partition coefficient (Wildman–Crippen LogP) is 3.37. The van der Waals surface area contributed by atoms with Gasteiger partial charge in [0.15, 0.2) is 0 Å². The van der Waals surface area contributed by atoms with Crippen LogP contribution in [0.1, 0.15) is 18.9 Å². The lowest BCUT2D eigenvalue weighted by Crippen LogP contribution is -2.37. The quantitative estimate of drug-likeness (QED) is 0.886. The van der Waals surface area contributed by atoms with Crippen LogP contribution in [-0.2, 0) is 6.42 Å². The SMILES string of the molecule is CC(Cc1cccc(Cl)c1)NC1CCSC1. The molecule has 0 bridgehead atoms. The fourth-order valence-corrected chi connectivity index (χ4v) is 3.52. The molecule has 0 radical (unpaired) electrons. The van der Waals surface area contributed by atoms with Crippen LogP contribution in [0.3, 0.4) is 0 Å². The number of benzene rings is 1. The van der Waals surface area contributed by atoms with Crippen LogP contribution in [0.2, 0.25) is 5.02 Å². The van der Waals surface area contributed by atoms with Crippen LogP contribution in [0.15, 0.2) is 24.3 Å². The summed E-state index contributed by atoms with van der Waals surface area (Å²) in [7, 11) is 0. The van der Waals surface area contributed by atoms with Gasteiger partial charge in [-0.1, -0.05) is 23.7 Å². The van der Waals surface area contributed by atoms with Crippen molar-refractivity contribution in [1.29, 1.82) is 0 Å². The summed E-state index contributed by atoms with van der Waals surface area (Å²) < 4.78 is 0. The zero-order valence-electron chi connectivity index (χ0n) is 9.58. The van der Waals surface area contributed by atoms with Gasteiger partial charge in [0.2, 0.25) is 0 Å². The average molecular weight is 256 g/mol. The van der Waals surface area contributed by atoms with E-state index in [-0.39, 0.29) is 0 Å². The van der Waals surface area contributed by atoms with Crippen molar-refractivity contribution in [3.63, 3.8) is 0 Å². The van der Waals surface area contributed by atoms with Crippen molar-refractivity contribution in [2.45, 2.75) is 31.8 Å². The summed E-state index contributed by atoms with van der Waals surface area (Å²) in [6, 6.07) is 9.39. The molecule has 1 aromatic carbocycles. The molecule has 0 aliphatic carbocycles. The van der Waals surface area contributed by atoms with E-state index in [1.807, 2.05) is 23.9 Å². The summed E-state index contributed by atoms with van der Waals surface area (Å²) in [6.45, 7) is 2.25. The first-order chi connectivity index (χ1) is 7.74. The van der Waals surface area contributed by atoms with E-state index in [4.69, 9.17) is 11.6 Å². The Kier molecular flexibility index (Phi) is 4.56. The minimum atomic E-state index is 0.530. The van der Waals surface area contributed by atoms with Gasteiger partial charge in [0.1, 0.15) is 0 Å². The molecule has 2 rings (SSSR count). The molecular formula is C13H18ClNS. The number of thioether (sulfide) groups is 1. The first kappa shape index (κ1) is 12.3. The molecule has 88 valence electrons. The Morgan fingerprint density at radius 1 is 1.56 bits per heavy atom. The molecule has 1 aromatic rings. The van der Waals surface area contributed by atoms with Gasteiger partial charge in [0.05, 0.1) is 0 Å². The summed E-state index contributed by atoms with van der Waals surface area (Å²) in [5.41, 5.74) is 1.32. The maximum Gasteiger partial charge on any atom is 0.0408 e. The topological polar surface area (TPSA) is 12.0 Å². The summed E-state index contributed by atoms with van der Waals surface area (Å²) in [4.78, 5) is 0. The van der Waals surface area contributed by atoms with E-state index in [0.29, 0.717) is 12.1 Å². The first-order valence-corrected chi connectivity index (χ1v) is 7.35. The minimum absolute atomic E-state index is 0.530. The molecule has 16 heavy (non-hydrogen) atoms. The minimum Gasteiger partial charge on any atom is -0.310 e. The van der Waals surface area contributed by atoms with Crippen LogP contribution in [-0.4, -0.2) is 23.6 Å². The fraction of sp³-hybridized carbons (Fsp3) is 0.538. The monoisotopic (exact) mass is 255 g/mol. The molecule has 0 amide bonds. The summed E-state index contributed by atoms with van der Waals surface area (Å²) in [6.07, 6.45) is 2.37. The van der Waals surface area contributed by atoms with E-state index >= 15 is 0 Å². The Morgan fingerprint density at radius 2 is 2.44 bits per heavy atom. The molecule has 1 aliphatic rings. The van der Waals surface area contributed by atoms with Crippen molar-refractivity contribution in [2.24, 2.45) is 0 Å². The Bertz CT molecular complexity index is 336. The second kappa shape index (κ2) is 5.95. The van der Waals surface area contributed by atoms with Crippen molar-refractivity contribution >= 4 is 23.4 Å². The lowest BCUT2D eigenvalue weighted by atomic mass is 10.1. The number of hydrogen-bond acceptors (Lipinski definition) is 2. The third-order valence-electron chi connectivity index (χ3n) is 2.88. The number of hydrogen-bond donors (Lipinski definition) is 1. The van der Waals surface area contributed by atoms with Crippen LogP contribution in [0, 0.1) is 0 Å². The van der Waals surface area contributed by atoms with Gasteiger partial charge in [0.25, 0.3) is 0 Å². The smallest absolute Gasteiger partial charge is 0.0408 e. The van der Waals surface area contributed by atoms with Gasteiger partial charge in [0, 0.05) is 22.9 Å². The highest BCUT2D eigenvalue weighted by Gasteiger charge is 2.17. The number of nitrogens with one attached hydrogen (secondary N) is 1. The third-order valence-corrected chi connectivity index (χ3v) is 4.28. The van der Waals surface area contributed by atoms with Gasteiger partial charge in [-0.25, -0.2) is 0 Å². The molecule has 1 aliphatic heterocycles. The first-order valence-electron chi connectivity index (χ1n) is 5.82. The van der Waals surface area contributed by atoms with Crippen molar-refractivity contribution in [3.8, 4) is 0 Å². The van der Waals surface area contributed by atoms with Crippen LogP contribution in [0.5, 0.6) is 0 Å². The maximum absolute atomic E-state index is 5.97.